The first-order valence-electron chi connectivity index (χ1n) is 14.3. The van der Waals surface area contributed by atoms with E-state index in [0.29, 0.717) is 22.4 Å². The number of allylic oxidation sites excluding steroid dienone is 2. The largest absolute Gasteiger partial charge is 0.573 e. The summed E-state index contributed by atoms with van der Waals surface area (Å²) >= 11 is 1.23. The Hall–Kier alpha value is -4.91. The first-order chi connectivity index (χ1) is 21.8. The van der Waals surface area contributed by atoms with Crippen molar-refractivity contribution in [3.63, 3.8) is 0 Å². The van der Waals surface area contributed by atoms with Crippen LogP contribution in [0, 0.1) is 6.92 Å². The fraction of sp³-hybridized carbons (Fsp3) is 0.242. The van der Waals surface area contributed by atoms with Crippen LogP contribution in [0.1, 0.15) is 50.3 Å². The number of amidine groups is 1. The highest BCUT2D eigenvalue weighted by atomic mass is 32.2. The van der Waals surface area contributed by atoms with Crippen molar-refractivity contribution in [2.24, 2.45) is 4.99 Å². The topological polar surface area (TPSA) is 102 Å². The lowest BCUT2D eigenvalue weighted by Gasteiger charge is -2.22. The third-order valence-electron chi connectivity index (χ3n) is 7.27. The standard InChI is InChI=1S/C33H31F3N6O3S/c1-19(2)27-15-6-20(3)16-28(27)42-29(43)17-46-32(42)39-31(44)38-22(5)21(4)23-7-9-24(10-8-23)30-37-18-41(40-30)25-11-13-26(14-12-25)45-33(34,35)36/h6-16,18-19H,17H2,1-5H3,(H,38,44)/b22-21+,39-32-. The van der Waals surface area contributed by atoms with Gasteiger partial charge < -0.3 is 10.1 Å². The molecule has 1 saturated heterocycles. The van der Waals surface area contributed by atoms with E-state index in [0.717, 1.165) is 33.5 Å². The maximum Gasteiger partial charge on any atom is 0.573 e. The minimum absolute atomic E-state index is 0.125. The van der Waals surface area contributed by atoms with Gasteiger partial charge in [-0.3, -0.25) is 9.69 Å². The van der Waals surface area contributed by atoms with Gasteiger partial charge in [-0.1, -0.05) is 62.0 Å². The van der Waals surface area contributed by atoms with Gasteiger partial charge in [-0.25, -0.2) is 14.5 Å². The molecule has 0 saturated carbocycles. The molecule has 5 rings (SSSR count). The maximum atomic E-state index is 13.0. The van der Waals surface area contributed by atoms with E-state index in [1.807, 2.05) is 56.3 Å². The number of hydrogen-bond donors (Lipinski definition) is 1. The summed E-state index contributed by atoms with van der Waals surface area (Å²) in [4.78, 5) is 36.0. The van der Waals surface area contributed by atoms with Crippen LogP contribution in [0.15, 0.2) is 83.7 Å². The monoisotopic (exact) mass is 648 g/mol. The van der Waals surface area contributed by atoms with E-state index in [4.69, 9.17) is 0 Å². The Morgan fingerprint density at radius 2 is 1.74 bits per heavy atom. The van der Waals surface area contributed by atoms with Gasteiger partial charge in [0.25, 0.3) is 0 Å². The molecule has 13 heteroatoms. The van der Waals surface area contributed by atoms with E-state index in [1.54, 1.807) is 6.92 Å². The van der Waals surface area contributed by atoms with Crippen LogP contribution in [0.3, 0.4) is 0 Å². The van der Waals surface area contributed by atoms with Crippen molar-refractivity contribution in [3.05, 3.63) is 95.4 Å². The van der Waals surface area contributed by atoms with Crippen molar-refractivity contribution in [1.82, 2.24) is 20.1 Å². The molecule has 1 fully saturated rings. The number of ether oxygens (including phenoxy) is 1. The summed E-state index contributed by atoms with van der Waals surface area (Å²) in [5.74, 6) is 0.352. The molecule has 0 aliphatic carbocycles. The molecule has 3 aromatic carbocycles. The second kappa shape index (κ2) is 13.2. The Morgan fingerprint density at radius 3 is 2.39 bits per heavy atom. The fourth-order valence-corrected chi connectivity index (χ4v) is 5.65. The smallest absolute Gasteiger partial charge is 0.406 e. The molecule has 0 radical (unpaired) electrons. The normalized spacial score (nSPS) is 15.0. The highest BCUT2D eigenvalue weighted by molar-refractivity contribution is 8.15. The Morgan fingerprint density at radius 1 is 1.04 bits per heavy atom. The number of nitrogens with one attached hydrogen (secondary N) is 1. The lowest BCUT2D eigenvalue weighted by molar-refractivity contribution is -0.274. The van der Waals surface area contributed by atoms with Crippen molar-refractivity contribution in [2.45, 2.75) is 46.9 Å². The molecule has 1 aliphatic heterocycles. The summed E-state index contributed by atoms with van der Waals surface area (Å²) in [6.07, 6.45) is -3.30. The predicted octanol–water partition coefficient (Wildman–Crippen LogP) is 7.86. The molecule has 1 aromatic heterocycles. The summed E-state index contributed by atoms with van der Waals surface area (Å²) in [6.45, 7) is 9.72. The molecule has 46 heavy (non-hydrogen) atoms. The number of carbonyl (C=O) groups excluding carboxylic acids is 2. The number of halogens is 3. The lowest BCUT2D eigenvalue weighted by Crippen LogP contribution is -2.32. The number of amides is 3. The van der Waals surface area contributed by atoms with E-state index in [-0.39, 0.29) is 23.3 Å². The van der Waals surface area contributed by atoms with Crippen LogP contribution in [0.4, 0.5) is 23.7 Å². The first kappa shape index (κ1) is 32.5. The van der Waals surface area contributed by atoms with Gasteiger partial charge in [0.2, 0.25) is 5.91 Å². The average Bonchev–Trinajstić information content (AvgIpc) is 3.63. The Bertz CT molecular complexity index is 1830. The minimum Gasteiger partial charge on any atom is -0.406 e. The number of anilines is 1. The quantitative estimate of drug-likeness (QED) is 0.219. The van der Waals surface area contributed by atoms with Crippen LogP contribution in [-0.2, 0) is 4.79 Å². The zero-order valence-electron chi connectivity index (χ0n) is 25.7. The molecule has 2 heterocycles. The van der Waals surface area contributed by atoms with Crippen LogP contribution in [-0.4, -0.2) is 44.0 Å². The summed E-state index contributed by atoms with van der Waals surface area (Å²) in [5.41, 5.74) is 6.25. The van der Waals surface area contributed by atoms with Gasteiger partial charge in [0.1, 0.15) is 12.1 Å². The molecule has 1 aliphatic rings. The number of aromatic nitrogens is 3. The molecule has 9 nitrogen and oxygen atoms in total. The molecule has 3 amide bonds. The van der Waals surface area contributed by atoms with Crippen molar-refractivity contribution < 1.29 is 27.5 Å². The third-order valence-corrected chi connectivity index (χ3v) is 8.19. The number of alkyl halides is 3. The molecule has 1 N–H and O–H groups in total. The van der Waals surface area contributed by atoms with Crippen molar-refractivity contribution in [1.29, 1.82) is 0 Å². The van der Waals surface area contributed by atoms with Crippen molar-refractivity contribution in [2.75, 3.05) is 10.7 Å². The molecule has 4 aromatic rings. The summed E-state index contributed by atoms with van der Waals surface area (Å²) in [5, 5.41) is 7.60. The number of aryl methyl sites for hydroxylation is 1. The second-order valence-corrected chi connectivity index (χ2v) is 11.9. The van der Waals surface area contributed by atoms with Crippen LogP contribution < -0.4 is 15.0 Å². The zero-order valence-corrected chi connectivity index (χ0v) is 26.5. The number of nitrogens with zero attached hydrogens (tertiary/aromatic N) is 5. The molecule has 238 valence electrons. The second-order valence-electron chi connectivity index (χ2n) is 10.9. The maximum absolute atomic E-state index is 13.0. The number of benzene rings is 3. The molecule has 0 spiro atoms. The number of urea groups is 1. The summed E-state index contributed by atoms with van der Waals surface area (Å²) in [6, 6.07) is 18.1. The van der Waals surface area contributed by atoms with Crippen LogP contribution >= 0.6 is 11.8 Å². The van der Waals surface area contributed by atoms with Gasteiger partial charge in [-0.2, -0.15) is 4.99 Å². The number of carbonyl (C=O) groups is 2. The third kappa shape index (κ3) is 7.48. The molecule has 0 unspecified atom stereocenters. The summed E-state index contributed by atoms with van der Waals surface area (Å²) < 4.78 is 42.7. The number of aliphatic imine (C=N–C) groups is 1. The van der Waals surface area contributed by atoms with Gasteiger partial charge in [-0.05, 0) is 79.3 Å². The average molecular weight is 649 g/mol. The lowest BCUT2D eigenvalue weighted by atomic mass is 9.99. The SMILES string of the molecule is C/C(NC(=O)/N=C1\SCC(=O)N1c1cc(C)ccc1C(C)C)=C(/C)c1ccc(-c2ncn(-c3ccc(OC(F)(F)F)cc3)n2)cc1. The van der Waals surface area contributed by atoms with E-state index in [9.17, 15) is 22.8 Å². The Kier molecular flexibility index (Phi) is 9.33. The predicted molar refractivity (Wildman–Crippen MR) is 173 cm³/mol. The van der Waals surface area contributed by atoms with Gasteiger partial charge in [0, 0.05) is 11.3 Å². The molecule has 0 bridgehead atoms. The van der Waals surface area contributed by atoms with Crippen LogP contribution in [0.2, 0.25) is 0 Å². The van der Waals surface area contributed by atoms with E-state index >= 15 is 0 Å². The Labute approximate surface area is 268 Å². The van der Waals surface area contributed by atoms with Crippen molar-refractivity contribution >= 4 is 40.1 Å². The van der Waals surface area contributed by atoms with E-state index in [2.05, 4.69) is 39.0 Å². The Balaban J connectivity index is 1.28. The van der Waals surface area contributed by atoms with Gasteiger partial charge in [-0.15, -0.1) is 18.3 Å². The number of thioether (sulfide) groups is 1. The summed E-state index contributed by atoms with van der Waals surface area (Å²) in [7, 11) is 0. The van der Waals surface area contributed by atoms with E-state index < -0.39 is 12.4 Å². The van der Waals surface area contributed by atoms with Crippen molar-refractivity contribution in [3.8, 4) is 22.8 Å². The van der Waals surface area contributed by atoms with Crippen LogP contribution in [0.5, 0.6) is 5.75 Å². The highest BCUT2D eigenvalue weighted by Crippen LogP contribution is 2.34. The van der Waals surface area contributed by atoms with Gasteiger partial charge >= 0.3 is 12.4 Å². The number of hydrogen-bond acceptors (Lipinski definition) is 6. The first-order valence-corrected chi connectivity index (χ1v) is 15.3. The fourth-order valence-electron chi connectivity index (χ4n) is 4.79. The molecular formula is C33H31F3N6O3S. The van der Waals surface area contributed by atoms with Gasteiger partial charge in [0.05, 0.1) is 17.1 Å². The van der Waals surface area contributed by atoms with E-state index in [1.165, 1.54) is 51.9 Å². The van der Waals surface area contributed by atoms with Crippen LogP contribution in [0.25, 0.3) is 22.6 Å². The minimum atomic E-state index is -4.77. The van der Waals surface area contributed by atoms with Gasteiger partial charge in [0.15, 0.2) is 11.0 Å². The zero-order chi connectivity index (χ0) is 33.2. The number of rotatable bonds is 7. The molecular weight excluding hydrogens is 617 g/mol. The molecule has 0 atom stereocenters. The highest BCUT2D eigenvalue weighted by Gasteiger charge is 2.33.